The van der Waals surface area contributed by atoms with Gasteiger partial charge in [0.05, 0.1) is 6.26 Å². The fourth-order valence-electron chi connectivity index (χ4n) is 1.52. The van der Waals surface area contributed by atoms with Gasteiger partial charge in [-0.25, -0.2) is 4.99 Å². The molecule has 0 spiro atoms. The maximum Gasteiger partial charge on any atom is 0.191 e. The van der Waals surface area contributed by atoms with Crippen molar-refractivity contribution in [2.75, 3.05) is 19.6 Å². The summed E-state index contributed by atoms with van der Waals surface area (Å²) in [4.78, 5) is 4.46. The molecule has 20 heavy (non-hydrogen) atoms. The highest BCUT2D eigenvalue weighted by Crippen LogP contribution is 2.01. The van der Waals surface area contributed by atoms with E-state index in [1.54, 1.807) is 6.26 Å². The normalized spacial score (nSPS) is 11.9. The molecule has 116 valence electrons. The van der Waals surface area contributed by atoms with E-state index >= 15 is 0 Å². The van der Waals surface area contributed by atoms with E-state index in [9.17, 15) is 0 Å². The molecule has 6 heteroatoms. The van der Waals surface area contributed by atoms with Crippen LogP contribution in [-0.4, -0.2) is 31.1 Å². The number of hydrogen-bond acceptors (Lipinski definition) is 3. The van der Waals surface area contributed by atoms with E-state index in [4.69, 9.17) is 4.42 Å². The van der Waals surface area contributed by atoms with Crippen LogP contribution in [0.1, 0.15) is 33.5 Å². The van der Waals surface area contributed by atoms with Crippen molar-refractivity contribution in [2.24, 2.45) is 4.99 Å². The fraction of sp³-hybridized carbons (Fsp3) is 0.643. The van der Waals surface area contributed by atoms with Crippen molar-refractivity contribution < 1.29 is 4.42 Å². The molecule has 0 saturated heterocycles. The first kappa shape index (κ1) is 19.2. The second-order valence-corrected chi connectivity index (χ2v) is 5.38. The SMILES string of the molecule is CCNC(=NCc1ccco1)NCCNC(C)(C)C.I. The second-order valence-electron chi connectivity index (χ2n) is 5.38. The zero-order valence-corrected chi connectivity index (χ0v) is 15.2. The Morgan fingerprint density at radius 3 is 2.55 bits per heavy atom. The van der Waals surface area contributed by atoms with Crippen LogP contribution in [0.2, 0.25) is 0 Å². The first-order valence-corrected chi connectivity index (χ1v) is 6.81. The van der Waals surface area contributed by atoms with Crippen LogP contribution < -0.4 is 16.0 Å². The number of nitrogens with one attached hydrogen (secondary N) is 3. The summed E-state index contributed by atoms with van der Waals surface area (Å²) >= 11 is 0. The Morgan fingerprint density at radius 2 is 2.00 bits per heavy atom. The number of furan rings is 1. The minimum absolute atomic E-state index is 0. The molecular formula is C14H27IN4O. The highest BCUT2D eigenvalue weighted by atomic mass is 127. The third-order valence-electron chi connectivity index (χ3n) is 2.39. The molecule has 3 N–H and O–H groups in total. The first-order chi connectivity index (χ1) is 9.01. The minimum atomic E-state index is 0. The molecule has 0 saturated carbocycles. The van der Waals surface area contributed by atoms with Crippen molar-refractivity contribution in [3.63, 3.8) is 0 Å². The van der Waals surface area contributed by atoms with Gasteiger partial charge in [-0.05, 0) is 39.8 Å². The zero-order chi connectivity index (χ0) is 14.1. The van der Waals surface area contributed by atoms with Gasteiger partial charge in [-0.2, -0.15) is 0 Å². The number of guanidine groups is 1. The van der Waals surface area contributed by atoms with Gasteiger partial charge in [0.25, 0.3) is 0 Å². The Bertz CT molecular complexity index is 371. The average Bonchev–Trinajstić information content (AvgIpc) is 2.83. The van der Waals surface area contributed by atoms with Crippen molar-refractivity contribution in [3.8, 4) is 0 Å². The van der Waals surface area contributed by atoms with Crippen LogP contribution in [0, 0.1) is 0 Å². The maximum absolute atomic E-state index is 5.26. The van der Waals surface area contributed by atoms with Gasteiger partial charge in [0, 0.05) is 25.2 Å². The molecule has 0 atom stereocenters. The lowest BCUT2D eigenvalue weighted by molar-refractivity contribution is 0.428. The van der Waals surface area contributed by atoms with E-state index in [1.807, 2.05) is 12.1 Å². The van der Waals surface area contributed by atoms with E-state index in [-0.39, 0.29) is 29.5 Å². The number of aliphatic imine (C=N–C) groups is 1. The van der Waals surface area contributed by atoms with E-state index in [0.29, 0.717) is 6.54 Å². The lowest BCUT2D eigenvalue weighted by Crippen LogP contribution is -2.44. The Labute approximate surface area is 139 Å². The molecule has 0 unspecified atom stereocenters. The van der Waals surface area contributed by atoms with Crippen LogP contribution in [-0.2, 0) is 6.54 Å². The summed E-state index contributed by atoms with van der Waals surface area (Å²) in [5.74, 6) is 1.68. The molecule has 0 aliphatic heterocycles. The summed E-state index contributed by atoms with van der Waals surface area (Å²) in [7, 11) is 0. The third-order valence-corrected chi connectivity index (χ3v) is 2.39. The Balaban J connectivity index is 0.00000361. The highest BCUT2D eigenvalue weighted by molar-refractivity contribution is 14.0. The predicted molar refractivity (Wildman–Crippen MR) is 94.7 cm³/mol. The molecule has 0 bridgehead atoms. The Morgan fingerprint density at radius 1 is 1.25 bits per heavy atom. The van der Waals surface area contributed by atoms with Crippen LogP contribution >= 0.6 is 24.0 Å². The number of hydrogen-bond donors (Lipinski definition) is 3. The average molecular weight is 394 g/mol. The topological polar surface area (TPSA) is 61.6 Å². The zero-order valence-electron chi connectivity index (χ0n) is 12.8. The van der Waals surface area contributed by atoms with Gasteiger partial charge >= 0.3 is 0 Å². The van der Waals surface area contributed by atoms with Crippen molar-refractivity contribution in [2.45, 2.75) is 39.8 Å². The standard InChI is InChI=1S/C14H26N4O.HI/c1-5-15-13(16-8-9-18-14(2,3)4)17-11-12-7-6-10-19-12;/h6-7,10,18H,5,8-9,11H2,1-4H3,(H2,15,16,17);1H. The molecule has 1 aromatic heterocycles. The van der Waals surface area contributed by atoms with Gasteiger partial charge in [0.2, 0.25) is 0 Å². The van der Waals surface area contributed by atoms with E-state index in [1.165, 1.54) is 0 Å². The van der Waals surface area contributed by atoms with Gasteiger partial charge in [-0.1, -0.05) is 0 Å². The van der Waals surface area contributed by atoms with Crippen molar-refractivity contribution in [3.05, 3.63) is 24.2 Å². The molecule has 1 heterocycles. The van der Waals surface area contributed by atoms with Gasteiger partial charge in [-0.15, -0.1) is 24.0 Å². The molecule has 0 aliphatic rings. The molecular weight excluding hydrogens is 367 g/mol. The minimum Gasteiger partial charge on any atom is -0.467 e. The smallest absolute Gasteiger partial charge is 0.191 e. The monoisotopic (exact) mass is 394 g/mol. The number of rotatable bonds is 6. The van der Waals surface area contributed by atoms with E-state index in [2.05, 4.69) is 48.6 Å². The summed E-state index contributed by atoms with van der Waals surface area (Å²) in [5.41, 5.74) is 0.144. The lowest BCUT2D eigenvalue weighted by atomic mass is 10.1. The quantitative estimate of drug-likeness (QED) is 0.300. The summed E-state index contributed by atoms with van der Waals surface area (Å²) < 4.78 is 5.26. The largest absolute Gasteiger partial charge is 0.467 e. The van der Waals surface area contributed by atoms with E-state index in [0.717, 1.165) is 31.4 Å². The second kappa shape index (κ2) is 10.0. The van der Waals surface area contributed by atoms with Crippen molar-refractivity contribution >= 4 is 29.9 Å². The number of nitrogens with zero attached hydrogens (tertiary/aromatic N) is 1. The predicted octanol–water partition coefficient (Wildman–Crippen LogP) is 2.34. The summed E-state index contributed by atoms with van der Waals surface area (Å²) in [6, 6.07) is 3.80. The fourth-order valence-corrected chi connectivity index (χ4v) is 1.52. The Kier molecular flexibility index (Phi) is 9.66. The van der Waals surface area contributed by atoms with Crippen LogP contribution in [0.5, 0.6) is 0 Å². The van der Waals surface area contributed by atoms with Crippen LogP contribution in [0.3, 0.4) is 0 Å². The third kappa shape index (κ3) is 9.19. The van der Waals surface area contributed by atoms with Crippen molar-refractivity contribution in [1.82, 2.24) is 16.0 Å². The molecule has 0 radical (unpaired) electrons. The maximum atomic E-state index is 5.26. The molecule has 0 fully saturated rings. The molecule has 0 amide bonds. The molecule has 0 aromatic carbocycles. The first-order valence-electron chi connectivity index (χ1n) is 6.81. The van der Waals surface area contributed by atoms with Crippen LogP contribution in [0.4, 0.5) is 0 Å². The van der Waals surface area contributed by atoms with Gasteiger partial charge < -0.3 is 20.4 Å². The van der Waals surface area contributed by atoms with E-state index < -0.39 is 0 Å². The summed E-state index contributed by atoms with van der Waals surface area (Å²) in [6.45, 7) is 11.6. The molecule has 1 aromatic rings. The van der Waals surface area contributed by atoms with Gasteiger partial charge in [-0.3, -0.25) is 0 Å². The number of halogens is 1. The van der Waals surface area contributed by atoms with Gasteiger partial charge in [0.1, 0.15) is 12.3 Å². The lowest BCUT2D eigenvalue weighted by Gasteiger charge is -2.21. The molecule has 0 aliphatic carbocycles. The highest BCUT2D eigenvalue weighted by Gasteiger charge is 2.07. The summed E-state index contributed by atoms with van der Waals surface area (Å²) in [6.07, 6.45) is 1.67. The van der Waals surface area contributed by atoms with Gasteiger partial charge in [0.15, 0.2) is 5.96 Å². The van der Waals surface area contributed by atoms with Crippen molar-refractivity contribution in [1.29, 1.82) is 0 Å². The van der Waals surface area contributed by atoms with Crippen LogP contribution in [0.25, 0.3) is 0 Å². The molecule has 5 nitrogen and oxygen atoms in total. The summed E-state index contributed by atoms with van der Waals surface area (Å²) in [5, 5.41) is 9.93. The van der Waals surface area contributed by atoms with Crippen LogP contribution in [0.15, 0.2) is 27.8 Å². The Hall–Kier alpha value is -0.760. The molecule has 1 rings (SSSR count).